The lowest BCUT2D eigenvalue weighted by Crippen LogP contribution is -2.37. The van der Waals surface area contributed by atoms with Crippen LogP contribution in [0, 0.1) is 6.92 Å². The van der Waals surface area contributed by atoms with Crippen molar-refractivity contribution >= 4 is 11.6 Å². The van der Waals surface area contributed by atoms with Crippen molar-refractivity contribution in [2.75, 3.05) is 5.32 Å². The molecule has 0 radical (unpaired) electrons. The van der Waals surface area contributed by atoms with Gasteiger partial charge < -0.3 is 16.2 Å². The van der Waals surface area contributed by atoms with Crippen LogP contribution in [0.15, 0.2) is 18.2 Å². The van der Waals surface area contributed by atoms with Crippen molar-refractivity contribution in [1.29, 1.82) is 0 Å². The fraction of sp³-hybridized carbons (Fsp3) is 0.364. The van der Waals surface area contributed by atoms with E-state index in [9.17, 15) is 9.90 Å². The minimum atomic E-state index is -0.712. The van der Waals surface area contributed by atoms with Gasteiger partial charge in [0.15, 0.2) is 0 Å². The molecule has 1 fully saturated rings. The second kappa shape index (κ2) is 3.24. The predicted octanol–water partition coefficient (Wildman–Crippen LogP) is 1.13. The van der Waals surface area contributed by atoms with E-state index in [1.807, 2.05) is 6.92 Å². The molecule has 1 aliphatic carbocycles. The third kappa shape index (κ3) is 1.94. The molecule has 0 heterocycles. The van der Waals surface area contributed by atoms with Crippen LogP contribution >= 0.6 is 0 Å². The lowest BCUT2D eigenvalue weighted by molar-refractivity contribution is -0.118. The summed E-state index contributed by atoms with van der Waals surface area (Å²) < 4.78 is 0. The number of nitrogens with two attached hydrogens (primary N) is 1. The first-order valence-corrected chi connectivity index (χ1v) is 4.91. The van der Waals surface area contributed by atoms with Gasteiger partial charge in [0.1, 0.15) is 5.75 Å². The number of benzene rings is 1. The number of rotatable bonds is 2. The Labute approximate surface area is 88.1 Å². The number of aromatic hydroxyl groups is 1. The lowest BCUT2D eigenvalue weighted by atomic mass is 10.2. The van der Waals surface area contributed by atoms with Gasteiger partial charge in [0.05, 0.1) is 11.2 Å². The van der Waals surface area contributed by atoms with Crippen LogP contribution in [0.1, 0.15) is 18.4 Å². The number of phenols is 1. The first kappa shape index (κ1) is 9.98. The van der Waals surface area contributed by atoms with E-state index in [1.54, 1.807) is 18.2 Å². The zero-order chi connectivity index (χ0) is 11.1. The van der Waals surface area contributed by atoms with Gasteiger partial charge in [-0.3, -0.25) is 4.79 Å². The maximum absolute atomic E-state index is 11.6. The standard InChI is InChI=1S/C11H14N2O2/c1-7-2-3-9(14)8(6-7)13-10(15)11(12)4-5-11/h2-3,6,14H,4-5,12H2,1H3,(H,13,15). The van der Waals surface area contributed by atoms with Gasteiger partial charge in [-0.15, -0.1) is 0 Å². The Balaban J connectivity index is 2.16. The molecule has 0 spiro atoms. The minimum absolute atomic E-state index is 0.0678. The van der Waals surface area contributed by atoms with Crippen LogP contribution in [0.5, 0.6) is 5.75 Å². The second-order valence-corrected chi connectivity index (χ2v) is 4.13. The molecule has 2 rings (SSSR count). The lowest BCUT2D eigenvalue weighted by Gasteiger charge is -2.11. The summed E-state index contributed by atoms with van der Waals surface area (Å²) in [7, 11) is 0. The summed E-state index contributed by atoms with van der Waals surface area (Å²) in [6.07, 6.45) is 1.43. The van der Waals surface area contributed by atoms with Crippen molar-refractivity contribution in [3.63, 3.8) is 0 Å². The summed E-state index contributed by atoms with van der Waals surface area (Å²) in [5.74, 6) is -0.151. The quantitative estimate of drug-likeness (QED) is 0.635. The van der Waals surface area contributed by atoms with Crippen LogP contribution in [0.2, 0.25) is 0 Å². The molecule has 1 amide bonds. The number of anilines is 1. The molecule has 0 bridgehead atoms. The van der Waals surface area contributed by atoms with Crippen LogP contribution in [0.25, 0.3) is 0 Å². The number of hydrogen-bond acceptors (Lipinski definition) is 3. The molecule has 0 atom stereocenters. The molecule has 1 aromatic carbocycles. The zero-order valence-electron chi connectivity index (χ0n) is 8.58. The Morgan fingerprint density at radius 1 is 1.53 bits per heavy atom. The fourth-order valence-electron chi connectivity index (χ4n) is 1.36. The van der Waals surface area contributed by atoms with Crippen LogP contribution in [0.4, 0.5) is 5.69 Å². The Morgan fingerprint density at radius 2 is 2.20 bits per heavy atom. The van der Waals surface area contributed by atoms with Gasteiger partial charge in [-0.1, -0.05) is 6.07 Å². The molecular formula is C11H14N2O2. The summed E-state index contributed by atoms with van der Waals surface area (Å²) >= 11 is 0. The molecule has 0 aliphatic heterocycles. The number of hydrogen-bond donors (Lipinski definition) is 3. The van der Waals surface area contributed by atoms with Gasteiger partial charge in [0.2, 0.25) is 5.91 Å². The fourth-order valence-corrected chi connectivity index (χ4v) is 1.36. The maximum Gasteiger partial charge on any atom is 0.244 e. The smallest absolute Gasteiger partial charge is 0.244 e. The van der Waals surface area contributed by atoms with Crippen molar-refractivity contribution in [3.8, 4) is 5.75 Å². The molecule has 1 saturated carbocycles. The number of amides is 1. The number of carbonyl (C=O) groups is 1. The topological polar surface area (TPSA) is 75.3 Å². The highest BCUT2D eigenvalue weighted by Crippen LogP contribution is 2.34. The molecule has 0 aromatic heterocycles. The highest BCUT2D eigenvalue weighted by molar-refractivity contribution is 6.01. The third-order valence-corrected chi connectivity index (χ3v) is 2.64. The first-order chi connectivity index (χ1) is 7.01. The van der Waals surface area contributed by atoms with Gasteiger partial charge >= 0.3 is 0 Å². The van der Waals surface area contributed by atoms with Crippen molar-refractivity contribution in [2.24, 2.45) is 5.73 Å². The van der Waals surface area contributed by atoms with Crippen molar-refractivity contribution in [2.45, 2.75) is 25.3 Å². The van der Waals surface area contributed by atoms with Crippen LogP contribution in [-0.4, -0.2) is 16.6 Å². The predicted molar refractivity (Wildman–Crippen MR) is 57.6 cm³/mol. The van der Waals surface area contributed by atoms with E-state index in [0.29, 0.717) is 18.5 Å². The number of aryl methyl sites for hydroxylation is 1. The maximum atomic E-state index is 11.6. The SMILES string of the molecule is Cc1ccc(O)c(NC(=O)C2(N)CC2)c1. The number of carbonyl (C=O) groups excluding carboxylic acids is 1. The summed E-state index contributed by atoms with van der Waals surface area (Å²) in [6.45, 7) is 1.89. The van der Waals surface area contributed by atoms with E-state index in [4.69, 9.17) is 5.73 Å². The van der Waals surface area contributed by atoms with Gasteiger partial charge in [0, 0.05) is 0 Å². The molecule has 0 saturated heterocycles. The van der Waals surface area contributed by atoms with E-state index in [2.05, 4.69) is 5.32 Å². The average molecular weight is 206 g/mol. The largest absolute Gasteiger partial charge is 0.506 e. The van der Waals surface area contributed by atoms with E-state index in [1.165, 1.54) is 0 Å². The molecular weight excluding hydrogens is 192 g/mol. The highest BCUT2D eigenvalue weighted by atomic mass is 16.3. The number of nitrogens with one attached hydrogen (secondary N) is 1. The summed E-state index contributed by atoms with van der Waals surface area (Å²) in [6, 6.07) is 5.06. The Morgan fingerprint density at radius 3 is 2.80 bits per heavy atom. The van der Waals surface area contributed by atoms with E-state index in [-0.39, 0.29) is 11.7 Å². The molecule has 0 unspecified atom stereocenters. The minimum Gasteiger partial charge on any atom is -0.506 e. The monoisotopic (exact) mass is 206 g/mol. The van der Waals surface area contributed by atoms with E-state index < -0.39 is 5.54 Å². The Kier molecular flexibility index (Phi) is 2.16. The summed E-state index contributed by atoms with van der Waals surface area (Å²) in [4.78, 5) is 11.6. The molecule has 1 aromatic rings. The summed E-state index contributed by atoms with van der Waals surface area (Å²) in [5.41, 5.74) is 6.42. The molecule has 15 heavy (non-hydrogen) atoms. The molecule has 4 heteroatoms. The van der Waals surface area contributed by atoms with Crippen molar-refractivity contribution in [3.05, 3.63) is 23.8 Å². The van der Waals surface area contributed by atoms with Gasteiger partial charge in [-0.2, -0.15) is 0 Å². The van der Waals surface area contributed by atoms with Crippen molar-refractivity contribution < 1.29 is 9.90 Å². The number of phenolic OH excluding ortho intramolecular Hbond substituents is 1. The molecule has 4 nitrogen and oxygen atoms in total. The van der Waals surface area contributed by atoms with Crippen LogP contribution in [0.3, 0.4) is 0 Å². The summed E-state index contributed by atoms with van der Waals surface area (Å²) in [5, 5.41) is 12.2. The van der Waals surface area contributed by atoms with E-state index in [0.717, 1.165) is 5.56 Å². The van der Waals surface area contributed by atoms with E-state index >= 15 is 0 Å². The second-order valence-electron chi connectivity index (χ2n) is 4.13. The van der Waals surface area contributed by atoms with Gasteiger partial charge in [-0.25, -0.2) is 0 Å². The van der Waals surface area contributed by atoms with Gasteiger partial charge in [-0.05, 0) is 37.5 Å². The average Bonchev–Trinajstić information content (AvgIpc) is 2.91. The molecule has 4 N–H and O–H groups in total. The van der Waals surface area contributed by atoms with Gasteiger partial charge in [0.25, 0.3) is 0 Å². The van der Waals surface area contributed by atoms with Crippen molar-refractivity contribution in [1.82, 2.24) is 0 Å². The normalized spacial score (nSPS) is 17.2. The molecule has 1 aliphatic rings. The third-order valence-electron chi connectivity index (χ3n) is 2.64. The first-order valence-electron chi connectivity index (χ1n) is 4.91. The molecule has 80 valence electrons. The zero-order valence-corrected chi connectivity index (χ0v) is 8.58. The Bertz CT molecular complexity index is 411. The Hall–Kier alpha value is -1.55. The van der Waals surface area contributed by atoms with Crippen LogP contribution in [-0.2, 0) is 4.79 Å². The highest BCUT2D eigenvalue weighted by Gasteiger charge is 2.46. The van der Waals surface area contributed by atoms with Crippen LogP contribution < -0.4 is 11.1 Å².